The van der Waals surface area contributed by atoms with E-state index in [1.54, 1.807) is 0 Å². The summed E-state index contributed by atoms with van der Waals surface area (Å²) in [4.78, 5) is 2.41. The number of hydrogen-bond acceptors (Lipinski definition) is 2. The average molecular weight is 275 g/mol. The van der Waals surface area contributed by atoms with E-state index < -0.39 is 0 Å². The molecule has 1 saturated heterocycles. The van der Waals surface area contributed by atoms with Gasteiger partial charge >= 0.3 is 0 Å². The van der Waals surface area contributed by atoms with Crippen molar-refractivity contribution in [2.24, 2.45) is 5.41 Å². The van der Waals surface area contributed by atoms with Crippen LogP contribution in [0.3, 0.4) is 0 Å². The highest BCUT2D eigenvalue weighted by atomic mass is 16.3. The Kier molecular flexibility index (Phi) is 4.87. The number of likely N-dealkylation sites (tertiary alicyclic amines) is 1. The highest BCUT2D eigenvalue weighted by Gasteiger charge is 2.27. The third kappa shape index (κ3) is 4.07. The number of nitrogens with zero attached hydrogens (tertiary/aromatic N) is 1. The lowest BCUT2D eigenvalue weighted by molar-refractivity contribution is 0.0598. The van der Waals surface area contributed by atoms with Crippen LogP contribution in [0.2, 0.25) is 0 Å². The molecule has 112 valence electrons. The van der Waals surface area contributed by atoms with Crippen LogP contribution in [0.1, 0.15) is 63.7 Å². The summed E-state index contributed by atoms with van der Waals surface area (Å²) >= 11 is 0. The normalized spacial score (nSPS) is 21.1. The van der Waals surface area contributed by atoms with Gasteiger partial charge in [0.1, 0.15) is 0 Å². The molecule has 20 heavy (non-hydrogen) atoms. The van der Waals surface area contributed by atoms with Gasteiger partial charge in [-0.05, 0) is 41.8 Å². The average Bonchev–Trinajstić information content (AvgIpc) is 2.37. The second-order valence-electron chi connectivity index (χ2n) is 7.34. The Balaban J connectivity index is 1.95. The van der Waals surface area contributed by atoms with Crippen LogP contribution >= 0.6 is 0 Å². The second-order valence-corrected chi connectivity index (χ2v) is 7.34. The molecule has 0 spiro atoms. The molecule has 0 amide bonds. The van der Waals surface area contributed by atoms with Crippen LogP contribution in [0.4, 0.5) is 0 Å². The summed E-state index contributed by atoms with van der Waals surface area (Å²) in [5, 5.41) is 10.4. The molecule has 1 aromatic carbocycles. The van der Waals surface area contributed by atoms with Gasteiger partial charge in [0.05, 0.1) is 6.10 Å². The molecule has 0 saturated carbocycles. The van der Waals surface area contributed by atoms with Crippen LogP contribution < -0.4 is 0 Å². The Labute approximate surface area is 123 Å². The van der Waals surface area contributed by atoms with Crippen LogP contribution in [-0.4, -0.2) is 29.6 Å². The van der Waals surface area contributed by atoms with Crippen molar-refractivity contribution < 1.29 is 5.11 Å². The van der Waals surface area contributed by atoms with Gasteiger partial charge in [-0.2, -0.15) is 0 Å². The SMILES string of the molecule is CC(C)c1ccc(C(O)CN2CCCC(C)(C)C2)cc1. The topological polar surface area (TPSA) is 23.5 Å². The third-order valence-corrected chi connectivity index (χ3v) is 4.40. The van der Waals surface area contributed by atoms with Crippen LogP contribution in [0, 0.1) is 5.41 Å². The molecule has 0 aliphatic carbocycles. The molecule has 1 aliphatic rings. The van der Waals surface area contributed by atoms with Gasteiger partial charge in [0.2, 0.25) is 0 Å². The summed E-state index contributed by atoms with van der Waals surface area (Å²) in [7, 11) is 0. The molecule has 1 N–H and O–H groups in total. The smallest absolute Gasteiger partial charge is 0.0916 e. The standard InChI is InChI=1S/C18H29NO/c1-14(2)15-6-8-16(9-7-15)17(20)12-19-11-5-10-18(3,4)13-19/h6-9,14,17,20H,5,10-13H2,1-4H3. The van der Waals surface area contributed by atoms with Crippen molar-refractivity contribution in [2.75, 3.05) is 19.6 Å². The zero-order chi connectivity index (χ0) is 14.8. The van der Waals surface area contributed by atoms with E-state index in [4.69, 9.17) is 0 Å². The maximum atomic E-state index is 10.4. The molecule has 0 radical (unpaired) electrons. The van der Waals surface area contributed by atoms with Crippen LogP contribution in [0.15, 0.2) is 24.3 Å². The van der Waals surface area contributed by atoms with Gasteiger partial charge in [-0.3, -0.25) is 4.90 Å². The summed E-state index contributed by atoms with van der Waals surface area (Å²) in [6.07, 6.45) is 2.17. The number of aliphatic hydroxyl groups excluding tert-OH is 1. The first-order valence-corrected chi connectivity index (χ1v) is 7.88. The van der Waals surface area contributed by atoms with Crippen LogP contribution in [-0.2, 0) is 0 Å². The van der Waals surface area contributed by atoms with E-state index in [0.29, 0.717) is 11.3 Å². The number of piperidine rings is 1. The summed E-state index contributed by atoms with van der Waals surface area (Å²) in [5.41, 5.74) is 2.76. The molecule has 1 unspecified atom stereocenters. The van der Waals surface area contributed by atoms with Gasteiger partial charge in [-0.25, -0.2) is 0 Å². The largest absolute Gasteiger partial charge is 0.387 e. The first kappa shape index (κ1) is 15.5. The fourth-order valence-corrected chi connectivity index (χ4v) is 3.15. The molecule has 1 fully saturated rings. The van der Waals surface area contributed by atoms with Crippen molar-refractivity contribution in [3.63, 3.8) is 0 Å². The van der Waals surface area contributed by atoms with E-state index in [1.807, 2.05) is 0 Å². The zero-order valence-corrected chi connectivity index (χ0v) is 13.4. The Bertz CT molecular complexity index is 422. The van der Waals surface area contributed by atoms with Gasteiger partial charge in [-0.1, -0.05) is 52.0 Å². The third-order valence-electron chi connectivity index (χ3n) is 4.40. The molecule has 1 heterocycles. The van der Waals surface area contributed by atoms with Crippen molar-refractivity contribution in [1.29, 1.82) is 0 Å². The van der Waals surface area contributed by atoms with Crippen molar-refractivity contribution >= 4 is 0 Å². The summed E-state index contributed by atoms with van der Waals surface area (Å²) in [6.45, 7) is 12.0. The van der Waals surface area contributed by atoms with Crippen LogP contribution in [0.25, 0.3) is 0 Å². The molecule has 0 bridgehead atoms. The Morgan fingerprint density at radius 2 is 1.75 bits per heavy atom. The minimum atomic E-state index is -0.370. The van der Waals surface area contributed by atoms with Crippen molar-refractivity contribution in [1.82, 2.24) is 4.90 Å². The molecule has 2 heteroatoms. The predicted molar refractivity (Wildman–Crippen MR) is 84.9 cm³/mol. The molecule has 1 atom stereocenters. The number of β-amino-alcohol motifs (C(OH)–C–C–N with tert-alkyl or cyclic N) is 1. The molecule has 2 nitrogen and oxygen atoms in total. The maximum absolute atomic E-state index is 10.4. The van der Waals surface area contributed by atoms with Gasteiger partial charge in [-0.15, -0.1) is 0 Å². The fraction of sp³-hybridized carbons (Fsp3) is 0.667. The van der Waals surface area contributed by atoms with E-state index in [9.17, 15) is 5.11 Å². The Morgan fingerprint density at radius 3 is 2.30 bits per heavy atom. The van der Waals surface area contributed by atoms with Gasteiger partial charge in [0.15, 0.2) is 0 Å². The minimum absolute atomic E-state index is 0.370. The number of hydrogen-bond donors (Lipinski definition) is 1. The lowest BCUT2D eigenvalue weighted by Crippen LogP contribution is -2.41. The molecular weight excluding hydrogens is 246 g/mol. The van der Waals surface area contributed by atoms with Crippen molar-refractivity contribution in [3.05, 3.63) is 35.4 Å². The molecule has 2 rings (SSSR count). The monoisotopic (exact) mass is 275 g/mol. The van der Waals surface area contributed by atoms with Gasteiger partial charge in [0.25, 0.3) is 0 Å². The second kappa shape index (κ2) is 6.28. The Hall–Kier alpha value is -0.860. The molecule has 1 aromatic rings. The van der Waals surface area contributed by atoms with Crippen molar-refractivity contribution in [2.45, 2.75) is 52.6 Å². The number of benzene rings is 1. The molecule has 1 aliphatic heterocycles. The number of aliphatic hydroxyl groups is 1. The Morgan fingerprint density at radius 1 is 1.15 bits per heavy atom. The highest BCUT2D eigenvalue weighted by Crippen LogP contribution is 2.29. The van der Waals surface area contributed by atoms with Crippen LogP contribution in [0.5, 0.6) is 0 Å². The highest BCUT2D eigenvalue weighted by molar-refractivity contribution is 5.26. The quantitative estimate of drug-likeness (QED) is 0.899. The maximum Gasteiger partial charge on any atom is 0.0916 e. The number of rotatable bonds is 4. The van der Waals surface area contributed by atoms with Gasteiger partial charge in [0, 0.05) is 13.1 Å². The lowest BCUT2D eigenvalue weighted by Gasteiger charge is -2.38. The van der Waals surface area contributed by atoms with E-state index >= 15 is 0 Å². The van der Waals surface area contributed by atoms with E-state index in [0.717, 1.165) is 25.2 Å². The van der Waals surface area contributed by atoms with E-state index in [2.05, 4.69) is 56.9 Å². The molecular formula is C18H29NO. The lowest BCUT2D eigenvalue weighted by atomic mass is 9.84. The van der Waals surface area contributed by atoms with Gasteiger partial charge < -0.3 is 5.11 Å². The fourth-order valence-electron chi connectivity index (χ4n) is 3.15. The first-order chi connectivity index (χ1) is 9.37. The summed E-state index contributed by atoms with van der Waals surface area (Å²) in [6, 6.07) is 8.44. The van der Waals surface area contributed by atoms with E-state index in [-0.39, 0.29) is 6.10 Å². The summed E-state index contributed by atoms with van der Waals surface area (Å²) < 4.78 is 0. The first-order valence-electron chi connectivity index (χ1n) is 7.88. The summed E-state index contributed by atoms with van der Waals surface area (Å²) in [5.74, 6) is 0.545. The minimum Gasteiger partial charge on any atom is -0.387 e. The predicted octanol–water partition coefficient (Wildman–Crippen LogP) is 3.97. The van der Waals surface area contributed by atoms with Crippen molar-refractivity contribution in [3.8, 4) is 0 Å². The van der Waals surface area contributed by atoms with E-state index in [1.165, 1.54) is 18.4 Å². The molecule has 0 aromatic heterocycles. The zero-order valence-electron chi connectivity index (χ0n) is 13.4.